The minimum atomic E-state index is -0.552. The van der Waals surface area contributed by atoms with Crippen molar-refractivity contribution in [3.8, 4) is 11.5 Å². The van der Waals surface area contributed by atoms with Crippen LogP contribution >= 0.6 is 0 Å². The summed E-state index contributed by atoms with van der Waals surface area (Å²) in [6, 6.07) is 4.87. The van der Waals surface area contributed by atoms with Gasteiger partial charge in [0.05, 0.1) is 19.0 Å². The lowest BCUT2D eigenvalue weighted by atomic mass is 10.2. The molecule has 118 valence electrons. The van der Waals surface area contributed by atoms with Crippen LogP contribution in [0.1, 0.15) is 6.92 Å². The summed E-state index contributed by atoms with van der Waals surface area (Å²) in [5, 5.41) is 13.5. The summed E-state index contributed by atoms with van der Waals surface area (Å²) in [7, 11) is 0.974. The average molecular weight is 324 g/mol. The monoisotopic (exact) mass is 324 g/mol. The molecular formula is C15H18NO5S+. The van der Waals surface area contributed by atoms with E-state index in [0.29, 0.717) is 29.0 Å². The molecular weight excluding hydrogens is 306 g/mol. The molecule has 6 nitrogen and oxygen atoms in total. The predicted octanol–water partition coefficient (Wildman–Crippen LogP) is 1.25. The van der Waals surface area contributed by atoms with Gasteiger partial charge in [-0.2, -0.15) is 0 Å². The van der Waals surface area contributed by atoms with Gasteiger partial charge in [-0.3, -0.25) is 4.79 Å². The Balaban J connectivity index is 2.40. The van der Waals surface area contributed by atoms with Crippen LogP contribution in [0.4, 0.5) is 0 Å². The zero-order valence-corrected chi connectivity index (χ0v) is 13.5. The third-order valence-electron chi connectivity index (χ3n) is 3.18. The van der Waals surface area contributed by atoms with Crippen LogP contribution in [0.15, 0.2) is 32.3 Å². The smallest absolute Gasteiger partial charge is 0.396 e. The molecule has 0 saturated heterocycles. The first-order chi connectivity index (χ1) is 10.4. The number of aromatic hydroxyl groups is 1. The number of rotatable bonds is 5. The molecule has 0 aliphatic carbocycles. The lowest BCUT2D eigenvalue weighted by Gasteiger charge is -2.07. The van der Waals surface area contributed by atoms with Crippen molar-refractivity contribution in [1.29, 1.82) is 0 Å². The molecule has 0 radical (unpaired) electrons. The van der Waals surface area contributed by atoms with E-state index in [1.165, 1.54) is 14.0 Å². The van der Waals surface area contributed by atoms with Gasteiger partial charge < -0.3 is 19.6 Å². The summed E-state index contributed by atoms with van der Waals surface area (Å²) < 4.78 is 10.4. The zero-order valence-electron chi connectivity index (χ0n) is 12.6. The van der Waals surface area contributed by atoms with Crippen LogP contribution in [0.2, 0.25) is 0 Å². The second-order valence-corrected chi connectivity index (χ2v) is 6.84. The fourth-order valence-corrected chi connectivity index (χ4v) is 3.44. The number of ether oxygens (including phenoxy) is 1. The number of amides is 1. The standard InChI is InChI=1S/C15H17NO5S/c1-9(17)16-6-7-22(3)14-13(18)11-8-10(20-2)4-5-12(11)21-15(14)19/h4-5,8H,6-7H2,1-3H3,(H-,16,17,18,19)/p+1. The van der Waals surface area contributed by atoms with E-state index in [0.717, 1.165) is 0 Å². The first-order valence-corrected chi connectivity index (χ1v) is 8.45. The van der Waals surface area contributed by atoms with Crippen LogP contribution in [-0.2, 0) is 15.7 Å². The van der Waals surface area contributed by atoms with Gasteiger partial charge in [-0.05, 0) is 18.2 Å². The fraction of sp³-hybridized carbons (Fsp3) is 0.333. The van der Waals surface area contributed by atoms with Crippen LogP contribution < -0.4 is 15.7 Å². The molecule has 2 N–H and O–H groups in total. The molecule has 22 heavy (non-hydrogen) atoms. The van der Waals surface area contributed by atoms with Gasteiger partial charge in [0.25, 0.3) is 4.90 Å². The number of benzene rings is 1. The van der Waals surface area contributed by atoms with Gasteiger partial charge in [0.1, 0.15) is 23.3 Å². The van der Waals surface area contributed by atoms with Crippen LogP contribution in [0.5, 0.6) is 11.5 Å². The zero-order chi connectivity index (χ0) is 16.3. The first kappa shape index (κ1) is 16.2. The van der Waals surface area contributed by atoms with E-state index in [1.54, 1.807) is 18.2 Å². The van der Waals surface area contributed by atoms with Crippen LogP contribution in [0.3, 0.4) is 0 Å². The van der Waals surface area contributed by atoms with Crippen molar-refractivity contribution in [3.63, 3.8) is 0 Å². The van der Waals surface area contributed by atoms with Crippen molar-refractivity contribution < 1.29 is 19.1 Å². The highest BCUT2D eigenvalue weighted by molar-refractivity contribution is 7.96. The van der Waals surface area contributed by atoms with Crippen molar-refractivity contribution in [3.05, 3.63) is 28.6 Å². The van der Waals surface area contributed by atoms with Gasteiger partial charge in [0.2, 0.25) is 5.91 Å². The Morgan fingerprint density at radius 2 is 2.18 bits per heavy atom. The van der Waals surface area contributed by atoms with Gasteiger partial charge in [-0.1, -0.05) is 0 Å². The molecule has 0 fully saturated rings. The Morgan fingerprint density at radius 3 is 2.82 bits per heavy atom. The summed E-state index contributed by atoms with van der Waals surface area (Å²) in [5.74, 6) is 0.903. The van der Waals surface area contributed by atoms with Gasteiger partial charge in [-0.25, -0.2) is 4.79 Å². The molecule has 2 aromatic rings. The van der Waals surface area contributed by atoms with Crippen molar-refractivity contribution >= 4 is 27.8 Å². The summed E-state index contributed by atoms with van der Waals surface area (Å²) in [4.78, 5) is 23.2. The van der Waals surface area contributed by atoms with Crippen LogP contribution in [0, 0.1) is 0 Å². The number of carbonyl (C=O) groups excluding carboxylic acids is 1. The molecule has 0 spiro atoms. The SMILES string of the molecule is COc1ccc2oc(=O)c([S+](C)CCNC(C)=O)c(O)c2c1. The van der Waals surface area contributed by atoms with Gasteiger partial charge in [-0.15, -0.1) is 0 Å². The third-order valence-corrected chi connectivity index (χ3v) is 5.05. The molecule has 1 unspecified atom stereocenters. The topological polar surface area (TPSA) is 88.8 Å². The van der Waals surface area contributed by atoms with E-state index < -0.39 is 16.5 Å². The maximum atomic E-state index is 12.1. The largest absolute Gasteiger partial charge is 0.503 e. The first-order valence-electron chi connectivity index (χ1n) is 6.65. The molecule has 0 aliphatic rings. The van der Waals surface area contributed by atoms with Crippen molar-refractivity contribution in [2.24, 2.45) is 0 Å². The highest BCUT2D eigenvalue weighted by Crippen LogP contribution is 2.32. The molecule has 0 bridgehead atoms. The number of fused-ring (bicyclic) bond motifs is 1. The minimum Gasteiger partial charge on any atom is -0.503 e. The number of methoxy groups -OCH3 is 1. The molecule has 7 heteroatoms. The number of hydrogen-bond acceptors (Lipinski definition) is 5. The van der Waals surface area contributed by atoms with E-state index in [9.17, 15) is 14.7 Å². The summed E-state index contributed by atoms with van der Waals surface area (Å²) in [6.45, 7) is 1.87. The molecule has 1 aromatic carbocycles. The van der Waals surface area contributed by atoms with Crippen molar-refractivity contribution in [2.45, 2.75) is 11.8 Å². The molecule has 1 heterocycles. The van der Waals surface area contributed by atoms with Crippen LogP contribution in [-0.4, -0.2) is 36.7 Å². The second kappa shape index (κ2) is 6.74. The fourth-order valence-electron chi connectivity index (χ4n) is 2.06. The maximum Gasteiger partial charge on any atom is 0.396 e. The minimum absolute atomic E-state index is 0.0844. The van der Waals surface area contributed by atoms with Crippen LogP contribution in [0.25, 0.3) is 11.0 Å². The van der Waals surface area contributed by atoms with E-state index in [1.807, 2.05) is 6.26 Å². The highest BCUT2D eigenvalue weighted by Gasteiger charge is 2.28. The summed E-state index contributed by atoms with van der Waals surface area (Å²) in [6.07, 6.45) is 1.83. The van der Waals surface area contributed by atoms with Crippen molar-refractivity contribution in [1.82, 2.24) is 5.32 Å². The molecule has 1 amide bonds. The lowest BCUT2D eigenvalue weighted by Crippen LogP contribution is -2.28. The lowest BCUT2D eigenvalue weighted by molar-refractivity contribution is -0.118. The van der Waals surface area contributed by atoms with Gasteiger partial charge in [0.15, 0.2) is 5.75 Å². The normalized spacial score (nSPS) is 12.1. The van der Waals surface area contributed by atoms with E-state index in [4.69, 9.17) is 9.15 Å². The number of carbonyl (C=O) groups is 1. The Kier molecular flexibility index (Phi) is 4.97. The number of hydrogen-bond donors (Lipinski definition) is 2. The Bertz CT molecular complexity index is 755. The quantitative estimate of drug-likeness (QED) is 0.638. The molecule has 0 saturated carbocycles. The Hall–Kier alpha value is -2.15. The van der Waals surface area contributed by atoms with E-state index >= 15 is 0 Å². The van der Waals surface area contributed by atoms with Gasteiger partial charge in [0, 0.05) is 17.8 Å². The van der Waals surface area contributed by atoms with E-state index in [-0.39, 0.29) is 16.6 Å². The van der Waals surface area contributed by atoms with E-state index in [2.05, 4.69) is 5.32 Å². The summed E-state index contributed by atoms with van der Waals surface area (Å²) >= 11 is 0. The summed E-state index contributed by atoms with van der Waals surface area (Å²) in [5.41, 5.74) is -0.241. The Morgan fingerprint density at radius 1 is 1.45 bits per heavy atom. The molecule has 2 rings (SSSR count). The number of nitrogens with one attached hydrogen (secondary N) is 1. The maximum absolute atomic E-state index is 12.1. The highest BCUT2D eigenvalue weighted by atomic mass is 32.2. The average Bonchev–Trinajstić information content (AvgIpc) is 2.46. The molecule has 0 aliphatic heterocycles. The van der Waals surface area contributed by atoms with Gasteiger partial charge >= 0.3 is 5.63 Å². The Labute approximate surface area is 130 Å². The third kappa shape index (κ3) is 3.36. The predicted molar refractivity (Wildman–Crippen MR) is 85.8 cm³/mol. The molecule has 1 atom stereocenters. The second-order valence-electron chi connectivity index (χ2n) is 4.75. The molecule has 1 aromatic heterocycles. The van der Waals surface area contributed by atoms with Crippen molar-refractivity contribution in [2.75, 3.05) is 25.7 Å².